The van der Waals surface area contributed by atoms with E-state index in [0.29, 0.717) is 19.2 Å². The average molecular weight is 337 g/mol. The van der Waals surface area contributed by atoms with Crippen molar-refractivity contribution in [2.75, 3.05) is 24.6 Å². The van der Waals surface area contributed by atoms with E-state index in [0.717, 1.165) is 23.2 Å². The molecule has 1 atom stereocenters. The minimum absolute atomic E-state index is 0.0115. The summed E-state index contributed by atoms with van der Waals surface area (Å²) in [5, 5.41) is 0. The fourth-order valence-corrected chi connectivity index (χ4v) is 3.11. The van der Waals surface area contributed by atoms with E-state index in [4.69, 9.17) is 14.1 Å². The lowest BCUT2D eigenvalue weighted by Crippen LogP contribution is -2.38. The highest BCUT2D eigenvalue weighted by molar-refractivity contribution is 5.75. The molecule has 25 heavy (non-hydrogen) atoms. The molecular weight excluding hydrogens is 314 g/mol. The zero-order valence-electron chi connectivity index (χ0n) is 14.9. The van der Waals surface area contributed by atoms with E-state index in [9.17, 15) is 0 Å². The molecule has 0 aliphatic carbocycles. The molecule has 0 amide bonds. The van der Waals surface area contributed by atoms with Gasteiger partial charge in [-0.1, -0.05) is 32.9 Å². The summed E-state index contributed by atoms with van der Waals surface area (Å²) in [5.41, 5.74) is 4.17. The molecule has 1 fully saturated rings. The van der Waals surface area contributed by atoms with Crippen LogP contribution < -0.4 is 4.90 Å². The predicted octanol–water partition coefficient (Wildman–Crippen LogP) is 4.10. The lowest BCUT2D eigenvalue weighted by molar-refractivity contribution is 0.0379. The van der Waals surface area contributed by atoms with Gasteiger partial charge in [-0.2, -0.15) is 4.98 Å². The van der Waals surface area contributed by atoms with Gasteiger partial charge in [-0.15, -0.1) is 0 Å². The number of pyridine rings is 1. The standard InChI is InChI=1S/C20H23N3O2/c1-20(2,3)15-6-7-17-16(11-15)22-19(25-17)23-9-10-24-18(13-23)14-5-4-8-21-12-14/h4-8,11-12,18H,9-10,13H2,1-3H3. The Labute approximate surface area is 147 Å². The van der Waals surface area contributed by atoms with Crippen LogP contribution in [0.4, 0.5) is 6.01 Å². The zero-order valence-corrected chi connectivity index (χ0v) is 14.9. The van der Waals surface area contributed by atoms with Crippen LogP contribution in [0.3, 0.4) is 0 Å². The monoisotopic (exact) mass is 337 g/mol. The first-order valence-electron chi connectivity index (χ1n) is 8.68. The Balaban J connectivity index is 1.60. The summed E-state index contributed by atoms with van der Waals surface area (Å²) in [6.07, 6.45) is 3.62. The van der Waals surface area contributed by atoms with Crippen LogP contribution in [0.1, 0.15) is 38.0 Å². The van der Waals surface area contributed by atoms with E-state index in [-0.39, 0.29) is 11.5 Å². The van der Waals surface area contributed by atoms with Crippen molar-refractivity contribution in [3.63, 3.8) is 0 Å². The van der Waals surface area contributed by atoms with Crippen molar-refractivity contribution in [3.05, 3.63) is 53.9 Å². The van der Waals surface area contributed by atoms with Crippen LogP contribution in [0.25, 0.3) is 11.1 Å². The summed E-state index contributed by atoms with van der Waals surface area (Å²) in [7, 11) is 0. The van der Waals surface area contributed by atoms with Gasteiger partial charge in [0.2, 0.25) is 0 Å². The lowest BCUT2D eigenvalue weighted by Gasteiger charge is -2.31. The van der Waals surface area contributed by atoms with Gasteiger partial charge in [0.25, 0.3) is 6.01 Å². The van der Waals surface area contributed by atoms with E-state index >= 15 is 0 Å². The first-order chi connectivity index (χ1) is 12.0. The number of ether oxygens (including phenoxy) is 1. The maximum atomic E-state index is 6.00. The van der Waals surface area contributed by atoms with Crippen molar-refractivity contribution in [2.24, 2.45) is 0 Å². The Kier molecular flexibility index (Phi) is 3.96. The molecule has 3 heterocycles. The summed E-state index contributed by atoms with van der Waals surface area (Å²) in [6.45, 7) is 8.74. The number of benzene rings is 1. The van der Waals surface area contributed by atoms with Gasteiger partial charge in [-0.05, 0) is 29.2 Å². The summed E-state index contributed by atoms with van der Waals surface area (Å²) in [6, 6.07) is 10.9. The Bertz CT molecular complexity index is 868. The van der Waals surface area contributed by atoms with Crippen molar-refractivity contribution in [1.82, 2.24) is 9.97 Å². The molecule has 1 aliphatic rings. The van der Waals surface area contributed by atoms with E-state index in [1.54, 1.807) is 6.20 Å². The molecular formula is C20H23N3O2. The summed E-state index contributed by atoms with van der Waals surface area (Å²) in [5.74, 6) is 0. The van der Waals surface area contributed by atoms with Crippen LogP contribution >= 0.6 is 0 Å². The summed E-state index contributed by atoms with van der Waals surface area (Å²) >= 11 is 0. The topological polar surface area (TPSA) is 51.4 Å². The molecule has 3 aromatic rings. The van der Waals surface area contributed by atoms with E-state index in [1.165, 1.54) is 5.56 Å². The SMILES string of the molecule is CC(C)(C)c1ccc2oc(N3CCOC(c4cccnc4)C3)nc2c1. The Morgan fingerprint density at radius 2 is 2.08 bits per heavy atom. The van der Waals surface area contributed by atoms with Gasteiger partial charge in [0, 0.05) is 24.5 Å². The van der Waals surface area contributed by atoms with Crippen LogP contribution in [0.5, 0.6) is 0 Å². The van der Waals surface area contributed by atoms with Crippen molar-refractivity contribution >= 4 is 17.1 Å². The molecule has 2 aromatic heterocycles. The smallest absolute Gasteiger partial charge is 0.298 e. The molecule has 0 saturated carbocycles. The maximum absolute atomic E-state index is 6.00. The minimum Gasteiger partial charge on any atom is -0.423 e. The Morgan fingerprint density at radius 3 is 2.84 bits per heavy atom. The minimum atomic E-state index is -0.0115. The summed E-state index contributed by atoms with van der Waals surface area (Å²) in [4.78, 5) is 11.1. The second-order valence-corrected chi connectivity index (χ2v) is 7.52. The van der Waals surface area contributed by atoms with Gasteiger partial charge in [-0.25, -0.2) is 0 Å². The van der Waals surface area contributed by atoms with E-state index < -0.39 is 0 Å². The van der Waals surface area contributed by atoms with Crippen molar-refractivity contribution in [1.29, 1.82) is 0 Å². The normalized spacial score (nSPS) is 18.7. The highest BCUT2D eigenvalue weighted by Crippen LogP contribution is 2.30. The van der Waals surface area contributed by atoms with Gasteiger partial charge in [-0.3, -0.25) is 4.98 Å². The number of fused-ring (bicyclic) bond motifs is 1. The highest BCUT2D eigenvalue weighted by Gasteiger charge is 2.25. The molecule has 0 N–H and O–H groups in total. The third-order valence-electron chi connectivity index (χ3n) is 4.64. The van der Waals surface area contributed by atoms with Gasteiger partial charge >= 0.3 is 0 Å². The number of oxazole rings is 1. The van der Waals surface area contributed by atoms with Crippen LogP contribution in [-0.2, 0) is 10.2 Å². The number of anilines is 1. The molecule has 0 bridgehead atoms. The van der Waals surface area contributed by atoms with Crippen molar-refractivity contribution < 1.29 is 9.15 Å². The molecule has 1 aliphatic heterocycles. The van der Waals surface area contributed by atoms with E-state index in [1.807, 2.05) is 24.4 Å². The van der Waals surface area contributed by atoms with Gasteiger partial charge in [0.05, 0.1) is 13.2 Å². The number of aromatic nitrogens is 2. The predicted molar refractivity (Wildman–Crippen MR) is 97.9 cm³/mol. The van der Waals surface area contributed by atoms with Crippen molar-refractivity contribution in [2.45, 2.75) is 32.3 Å². The fraction of sp³-hybridized carbons (Fsp3) is 0.400. The van der Waals surface area contributed by atoms with Gasteiger partial charge in [0.1, 0.15) is 11.6 Å². The summed E-state index contributed by atoms with van der Waals surface area (Å²) < 4.78 is 11.9. The van der Waals surface area contributed by atoms with Gasteiger partial charge < -0.3 is 14.1 Å². The number of rotatable bonds is 2. The van der Waals surface area contributed by atoms with Crippen LogP contribution in [0.15, 0.2) is 47.1 Å². The van der Waals surface area contributed by atoms with Crippen LogP contribution in [0.2, 0.25) is 0 Å². The van der Waals surface area contributed by atoms with Crippen LogP contribution in [0, 0.1) is 0 Å². The average Bonchev–Trinajstić information content (AvgIpc) is 3.05. The van der Waals surface area contributed by atoms with Crippen LogP contribution in [-0.4, -0.2) is 29.7 Å². The number of nitrogens with zero attached hydrogens (tertiary/aromatic N) is 3. The second-order valence-electron chi connectivity index (χ2n) is 7.52. The third-order valence-corrected chi connectivity index (χ3v) is 4.64. The Hall–Kier alpha value is -2.40. The number of morpholine rings is 1. The molecule has 5 heteroatoms. The molecule has 1 unspecified atom stereocenters. The maximum Gasteiger partial charge on any atom is 0.298 e. The molecule has 1 aromatic carbocycles. The largest absolute Gasteiger partial charge is 0.423 e. The van der Waals surface area contributed by atoms with Gasteiger partial charge in [0.15, 0.2) is 5.58 Å². The van der Waals surface area contributed by atoms with Crippen molar-refractivity contribution in [3.8, 4) is 0 Å². The second kappa shape index (κ2) is 6.15. The first kappa shape index (κ1) is 16.1. The quantitative estimate of drug-likeness (QED) is 0.705. The number of hydrogen-bond acceptors (Lipinski definition) is 5. The molecule has 0 spiro atoms. The molecule has 0 radical (unpaired) electrons. The Morgan fingerprint density at radius 1 is 1.20 bits per heavy atom. The molecule has 5 nitrogen and oxygen atoms in total. The first-order valence-corrected chi connectivity index (χ1v) is 8.68. The lowest BCUT2D eigenvalue weighted by atomic mass is 9.87. The van der Waals surface area contributed by atoms with E-state index in [2.05, 4.69) is 42.8 Å². The highest BCUT2D eigenvalue weighted by atomic mass is 16.5. The fourth-order valence-electron chi connectivity index (χ4n) is 3.11. The molecule has 4 rings (SSSR count). The zero-order chi connectivity index (χ0) is 17.4. The molecule has 1 saturated heterocycles. The third kappa shape index (κ3) is 3.24. The number of hydrogen-bond donors (Lipinski definition) is 0. The molecule has 130 valence electrons.